The molecule has 1 aliphatic heterocycles. The Bertz CT molecular complexity index is 915. The first-order valence-corrected chi connectivity index (χ1v) is 10.2. The summed E-state index contributed by atoms with van der Waals surface area (Å²) >= 11 is 0. The number of hydrogen-bond donors (Lipinski definition) is 2. The fourth-order valence-corrected chi connectivity index (χ4v) is 3.20. The lowest BCUT2D eigenvalue weighted by atomic mass is 10.0. The van der Waals surface area contributed by atoms with Crippen molar-refractivity contribution in [2.75, 3.05) is 44.7 Å². The third kappa shape index (κ3) is 6.62. The maximum absolute atomic E-state index is 12.3. The van der Waals surface area contributed by atoms with Gasteiger partial charge in [0.25, 0.3) is 0 Å². The van der Waals surface area contributed by atoms with Gasteiger partial charge in [0, 0.05) is 37.4 Å². The SMILES string of the molecule is COCCOc1cc(NC(=O)CCCOc2ccc3c(c2)CCC(=O)N3)ccc1OC. The highest BCUT2D eigenvalue weighted by Crippen LogP contribution is 2.30. The summed E-state index contributed by atoms with van der Waals surface area (Å²) in [6.07, 6.45) is 2.10. The Morgan fingerprint density at radius 3 is 2.68 bits per heavy atom. The van der Waals surface area contributed by atoms with Crippen LogP contribution in [0.15, 0.2) is 36.4 Å². The van der Waals surface area contributed by atoms with E-state index in [1.807, 2.05) is 18.2 Å². The average molecular weight is 428 g/mol. The first-order chi connectivity index (χ1) is 15.1. The summed E-state index contributed by atoms with van der Waals surface area (Å²) < 4.78 is 21.7. The molecule has 0 bridgehead atoms. The van der Waals surface area contributed by atoms with Crippen molar-refractivity contribution in [1.82, 2.24) is 0 Å². The second kappa shape index (κ2) is 11.2. The molecule has 2 N–H and O–H groups in total. The summed E-state index contributed by atoms with van der Waals surface area (Å²) in [7, 11) is 3.17. The van der Waals surface area contributed by atoms with Gasteiger partial charge in [-0.25, -0.2) is 0 Å². The lowest BCUT2D eigenvalue weighted by Crippen LogP contribution is -2.18. The van der Waals surface area contributed by atoms with Gasteiger partial charge < -0.3 is 29.6 Å². The van der Waals surface area contributed by atoms with E-state index in [1.54, 1.807) is 32.4 Å². The van der Waals surface area contributed by atoms with E-state index in [2.05, 4.69) is 10.6 Å². The van der Waals surface area contributed by atoms with Crippen LogP contribution < -0.4 is 24.8 Å². The number of carbonyl (C=O) groups excluding carboxylic acids is 2. The third-order valence-corrected chi connectivity index (χ3v) is 4.78. The number of ether oxygens (including phenoxy) is 4. The van der Waals surface area contributed by atoms with Crippen LogP contribution in [0.4, 0.5) is 11.4 Å². The van der Waals surface area contributed by atoms with Crippen LogP contribution in [-0.2, 0) is 20.7 Å². The van der Waals surface area contributed by atoms with E-state index >= 15 is 0 Å². The molecule has 1 heterocycles. The lowest BCUT2D eigenvalue weighted by molar-refractivity contribution is -0.117. The van der Waals surface area contributed by atoms with Crippen LogP contribution in [0.5, 0.6) is 17.2 Å². The van der Waals surface area contributed by atoms with Crippen LogP contribution in [0.25, 0.3) is 0 Å². The van der Waals surface area contributed by atoms with Gasteiger partial charge in [-0.2, -0.15) is 0 Å². The Hall–Kier alpha value is -3.26. The van der Waals surface area contributed by atoms with Gasteiger partial charge in [-0.05, 0) is 48.7 Å². The zero-order chi connectivity index (χ0) is 22.1. The van der Waals surface area contributed by atoms with Crippen molar-refractivity contribution in [3.8, 4) is 17.2 Å². The number of nitrogens with one attached hydrogen (secondary N) is 2. The van der Waals surface area contributed by atoms with Crippen LogP contribution in [0.1, 0.15) is 24.8 Å². The number of amides is 2. The molecule has 0 saturated carbocycles. The number of carbonyl (C=O) groups is 2. The number of aryl methyl sites for hydroxylation is 1. The normalized spacial score (nSPS) is 12.5. The number of benzene rings is 2. The zero-order valence-corrected chi connectivity index (χ0v) is 17.9. The van der Waals surface area contributed by atoms with E-state index < -0.39 is 0 Å². The molecule has 31 heavy (non-hydrogen) atoms. The minimum Gasteiger partial charge on any atom is -0.494 e. The second-order valence-corrected chi connectivity index (χ2v) is 7.07. The Morgan fingerprint density at radius 1 is 1.00 bits per heavy atom. The van der Waals surface area contributed by atoms with Crippen LogP contribution in [0.3, 0.4) is 0 Å². The number of anilines is 2. The molecule has 2 aromatic rings. The fourth-order valence-electron chi connectivity index (χ4n) is 3.20. The maximum atomic E-state index is 12.3. The van der Waals surface area contributed by atoms with E-state index in [4.69, 9.17) is 18.9 Å². The molecule has 0 aromatic heterocycles. The van der Waals surface area contributed by atoms with Crippen molar-refractivity contribution in [3.63, 3.8) is 0 Å². The van der Waals surface area contributed by atoms with E-state index in [1.165, 1.54) is 0 Å². The molecule has 0 unspecified atom stereocenters. The lowest BCUT2D eigenvalue weighted by Gasteiger charge is -2.17. The first kappa shape index (κ1) is 22.4. The van der Waals surface area contributed by atoms with E-state index in [0.29, 0.717) is 62.7 Å². The van der Waals surface area contributed by atoms with Crippen molar-refractivity contribution in [2.24, 2.45) is 0 Å². The highest BCUT2D eigenvalue weighted by atomic mass is 16.5. The molecule has 2 aromatic carbocycles. The molecule has 0 radical (unpaired) electrons. The molecule has 2 amide bonds. The van der Waals surface area contributed by atoms with Gasteiger partial charge in [0.1, 0.15) is 12.4 Å². The molecule has 166 valence electrons. The summed E-state index contributed by atoms with van der Waals surface area (Å²) in [4.78, 5) is 23.7. The van der Waals surface area contributed by atoms with Crippen molar-refractivity contribution >= 4 is 23.2 Å². The molecule has 8 heteroatoms. The van der Waals surface area contributed by atoms with Crippen molar-refractivity contribution in [3.05, 3.63) is 42.0 Å². The van der Waals surface area contributed by atoms with Gasteiger partial charge in [0.15, 0.2) is 11.5 Å². The molecular formula is C23H28N2O6. The summed E-state index contributed by atoms with van der Waals surface area (Å²) in [5, 5.41) is 5.71. The topological polar surface area (TPSA) is 95.1 Å². The Morgan fingerprint density at radius 2 is 1.87 bits per heavy atom. The van der Waals surface area contributed by atoms with E-state index in [0.717, 1.165) is 17.0 Å². The van der Waals surface area contributed by atoms with Gasteiger partial charge in [-0.3, -0.25) is 9.59 Å². The average Bonchev–Trinajstić information content (AvgIpc) is 2.77. The third-order valence-electron chi connectivity index (χ3n) is 4.78. The van der Waals surface area contributed by atoms with Gasteiger partial charge >= 0.3 is 0 Å². The standard InChI is InChI=1S/C23H28N2O6/c1-28-12-13-31-21-15-17(6-9-20(21)29-2)24-22(26)4-3-11-30-18-7-8-19-16(14-18)5-10-23(27)25-19/h6-9,14-15H,3-5,10-13H2,1-2H3,(H,24,26)(H,25,27). The molecule has 0 fully saturated rings. The highest BCUT2D eigenvalue weighted by molar-refractivity contribution is 5.94. The van der Waals surface area contributed by atoms with Gasteiger partial charge in [0.05, 0.1) is 20.3 Å². The number of rotatable bonds is 11. The molecule has 0 saturated heterocycles. The summed E-state index contributed by atoms with van der Waals surface area (Å²) in [5.41, 5.74) is 2.54. The monoisotopic (exact) mass is 428 g/mol. The second-order valence-electron chi connectivity index (χ2n) is 7.07. The summed E-state index contributed by atoms with van der Waals surface area (Å²) in [6.45, 7) is 1.27. The molecule has 8 nitrogen and oxygen atoms in total. The molecule has 0 spiro atoms. The largest absolute Gasteiger partial charge is 0.494 e. The summed E-state index contributed by atoms with van der Waals surface area (Å²) in [5.74, 6) is 1.81. The highest BCUT2D eigenvalue weighted by Gasteiger charge is 2.15. The smallest absolute Gasteiger partial charge is 0.224 e. The predicted molar refractivity (Wildman–Crippen MR) is 117 cm³/mol. The number of fused-ring (bicyclic) bond motifs is 1. The van der Waals surface area contributed by atoms with Gasteiger partial charge in [-0.1, -0.05) is 0 Å². The molecule has 0 atom stereocenters. The minimum absolute atomic E-state index is 0.0395. The number of methoxy groups -OCH3 is 2. The van der Waals surface area contributed by atoms with Gasteiger partial charge in [-0.15, -0.1) is 0 Å². The first-order valence-electron chi connectivity index (χ1n) is 10.2. The predicted octanol–water partition coefficient (Wildman–Crippen LogP) is 3.40. The van der Waals surface area contributed by atoms with E-state index in [9.17, 15) is 9.59 Å². The molecule has 3 rings (SSSR count). The summed E-state index contributed by atoms with van der Waals surface area (Å²) in [6, 6.07) is 10.9. The fraction of sp³-hybridized carbons (Fsp3) is 0.391. The molecule has 0 aliphatic carbocycles. The van der Waals surface area contributed by atoms with Crippen LogP contribution in [-0.4, -0.2) is 45.9 Å². The van der Waals surface area contributed by atoms with Crippen molar-refractivity contribution < 1.29 is 28.5 Å². The van der Waals surface area contributed by atoms with Crippen molar-refractivity contribution in [1.29, 1.82) is 0 Å². The van der Waals surface area contributed by atoms with Gasteiger partial charge in [0.2, 0.25) is 11.8 Å². The van der Waals surface area contributed by atoms with E-state index in [-0.39, 0.29) is 11.8 Å². The van der Waals surface area contributed by atoms with Crippen LogP contribution >= 0.6 is 0 Å². The molecule has 1 aliphatic rings. The Balaban J connectivity index is 1.44. The Kier molecular flexibility index (Phi) is 8.12. The minimum atomic E-state index is -0.107. The van der Waals surface area contributed by atoms with Crippen molar-refractivity contribution in [2.45, 2.75) is 25.7 Å². The molecular weight excluding hydrogens is 400 g/mol. The van der Waals surface area contributed by atoms with Crippen LogP contribution in [0.2, 0.25) is 0 Å². The Labute approximate surface area is 181 Å². The zero-order valence-electron chi connectivity index (χ0n) is 17.9. The maximum Gasteiger partial charge on any atom is 0.224 e. The quantitative estimate of drug-likeness (QED) is 0.533. The van der Waals surface area contributed by atoms with Crippen LogP contribution in [0, 0.1) is 0 Å². The number of hydrogen-bond acceptors (Lipinski definition) is 6.